The van der Waals surface area contributed by atoms with Gasteiger partial charge in [-0.25, -0.2) is 0 Å². The highest BCUT2D eigenvalue weighted by atomic mass is 35.5. The number of carbonyl (C=O) groups is 1. The number of piperazine rings is 1. The molecule has 0 unspecified atom stereocenters. The molecule has 0 radical (unpaired) electrons. The first-order chi connectivity index (χ1) is 16.2. The molecule has 6 nitrogen and oxygen atoms in total. The van der Waals surface area contributed by atoms with E-state index < -0.39 is 0 Å². The zero-order valence-electron chi connectivity index (χ0n) is 19.6. The van der Waals surface area contributed by atoms with Crippen LogP contribution in [0.25, 0.3) is 12.2 Å². The number of aromatic nitrogens is 1. The Labute approximate surface area is 205 Å². The molecule has 4 rings (SSSR count). The number of anilines is 1. The minimum atomic E-state index is 0.0183. The number of oxazole rings is 1. The second-order valence-electron chi connectivity index (χ2n) is 9.31. The fourth-order valence-corrected chi connectivity index (χ4v) is 3.96. The molecule has 2 aromatic carbocycles. The second kappa shape index (κ2) is 9.74. The van der Waals surface area contributed by atoms with E-state index in [4.69, 9.17) is 16.0 Å². The van der Waals surface area contributed by atoms with Crippen molar-refractivity contribution < 1.29 is 9.21 Å². The Bertz CT molecular complexity index is 1220. The molecule has 0 atom stereocenters. The lowest BCUT2D eigenvalue weighted by Crippen LogP contribution is -2.48. The van der Waals surface area contributed by atoms with Crippen LogP contribution in [0.4, 0.5) is 5.88 Å². The van der Waals surface area contributed by atoms with Gasteiger partial charge in [-0.3, -0.25) is 4.79 Å². The summed E-state index contributed by atoms with van der Waals surface area (Å²) in [7, 11) is 0. The summed E-state index contributed by atoms with van der Waals surface area (Å²) in [5, 5.41) is 10.2. The first kappa shape index (κ1) is 23.6. The number of carbonyl (C=O) groups excluding carboxylic acids is 1. The van der Waals surface area contributed by atoms with Crippen LogP contribution >= 0.6 is 11.6 Å². The number of benzene rings is 2. The van der Waals surface area contributed by atoms with Crippen LogP contribution < -0.4 is 4.90 Å². The first-order valence-electron chi connectivity index (χ1n) is 11.2. The average Bonchev–Trinajstić information content (AvgIpc) is 3.26. The Hall–Kier alpha value is -3.56. The van der Waals surface area contributed by atoms with Crippen LogP contribution in [0.15, 0.2) is 52.9 Å². The van der Waals surface area contributed by atoms with Crippen molar-refractivity contribution in [3.63, 3.8) is 0 Å². The van der Waals surface area contributed by atoms with E-state index >= 15 is 0 Å². The Kier molecular flexibility index (Phi) is 6.76. The molecule has 7 heteroatoms. The number of halogens is 1. The molecule has 1 amide bonds. The first-order valence-corrected chi connectivity index (χ1v) is 11.6. The maximum Gasteiger partial charge on any atom is 0.253 e. The van der Waals surface area contributed by atoms with Crippen LogP contribution in [0.3, 0.4) is 0 Å². The third-order valence-electron chi connectivity index (χ3n) is 5.87. The molecule has 1 fully saturated rings. The van der Waals surface area contributed by atoms with Crippen LogP contribution in [0.5, 0.6) is 0 Å². The van der Waals surface area contributed by atoms with Crippen molar-refractivity contribution in [3.05, 3.63) is 81.8 Å². The van der Waals surface area contributed by atoms with E-state index in [1.807, 2.05) is 64.4 Å². The molecule has 0 spiro atoms. The third-order valence-corrected chi connectivity index (χ3v) is 6.12. The van der Waals surface area contributed by atoms with Crippen LogP contribution in [-0.2, 0) is 5.41 Å². The van der Waals surface area contributed by atoms with E-state index in [0.717, 1.165) is 5.56 Å². The van der Waals surface area contributed by atoms with Crippen molar-refractivity contribution in [1.82, 2.24) is 9.88 Å². The van der Waals surface area contributed by atoms with Crippen LogP contribution in [-0.4, -0.2) is 42.0 Å². The van der Waals surface area contributed by atoms with Crippen molar-refractivity contribution in [1.29, 1.82) is 5.26 Å². The Morgan fingerprint density at radius 2 is 1.68 bits per heavy atom. The van der Waals surface area contributed by atoms with E-state index in [1.165, 1.54) is 5.56 Å². The van der Waals surface area contributed by atoms with E-state index in [1.54, 1.807) is 6.08 Å². The number of hydrogen-bond donors (Lipinski definition) is 0. The number of rotatable bonds is 4. The Morgan fingerprint density at radius 1 is 1.03 bits per heavy atom. The second-order valence-corrected chi connectivity index (χ2v) is 9.75. The van der Waals surface area contributed by atoms with Crippen molar-refractivity contribution in [2.45, 2.75) is 26.2 Å². The largest absolute Gasteiger partial charge is 0.420 e. The summed E-state index contributed by atoms with van der Waals surface area (Å²) in [6.45, 7) is 8.68. The van der Waals surface area contributed by atoms with Crippen LogP contribution in [0.2, 0.25) is 5.02 Å². The van der Waals surface area contributed by atoms with Crippen LogP contribution in [0.1, 0.15) is 53.8 Å². The maximum absolute atomic E-state index is 13.0. The molecule has 3 aromatic rings. The van der Waals surface area contributed by atoms with Gasteiger partial charge in [-0.2, -0.15) is 10.2 Å². The summed E-state index contributed by atoms with van der Waals surface area (Å²) >= 11 is 5.92. The predicted octanol–water partition coefficient (Wildman–Crippen LogP) is 5.63. The minimum Gasteiger partial charge on any atom is -0.420 e. The molecule has 0 saturated carbocycles. The Morgan fingerprint density at radius 3 is 2.26 bits per heavy atom. The summed E-state index contributed by atoms with van der Waals surface area (Å²) < 4.78 is 5.89. The molecule has 174 valence electrons. The highest BCUT2D eigenvalue weighted by Crippen LogP contribution is 2.26. The van der Waals surface area contributed by atoms with E-state index in [2.05, 4.69) is 31.8 Å². The number of nitrogens with zero attached hydrogens (tertiary/aromatic N) is 4. The van der Waals surface area contributed by atoms with Gasteiger partial charge in [0, 0.05) is 42.8 Å². The minimum absolute atomic E-state index is 0.0183. The van der Waals surface area contributed by atoms with Gasteiger partial charge in [0.15, 0.2) is 0 Å². The zero-order chi connectivity index (χ0) is 24.3. The number of hydrogen-bond acceptors (Lipinski definition) is 5. The van der Waals surface area contributed by atoms with Crippen molar-refractivity contribution >= 4 is 35.5 Å². The van der Waals surface area contributed by atoms with E-state index in [-0.39, 0.29) is 17.0 Å². The van der Waals surface area contributed by atoms with Gasteiger partial charge in [0.05, 0.1) is 0 Å². The molecule has 34 heavy (non-hydrogen) atoms. The molecule has 2 heterocycles. The highest BCUT2D eigenvalue weighted by molar-refractivity contribution is 6.30. The van der Waals surface area contributed by atoms with Gasteiger partial charge in [-0.15, -0.1) is 0 Å². The lowest BCUT2D eigenvalue weighted by molar-refractivity contribution is 0.0745. The smallest absolute Gasteiger partial charge is 0.253 e. The van der Waals surface area contributed by atoms with Crippen LogP contribution in [0, 0.1) is 11.3 Å². The SMILES string of the molecule is CC(C)(C)c1ccc(C(=O)N2CCN(c3oc(/C=C/c4ccc(Cl)cc4)nc3C#N)CC2)cc1. The Balaban J connectivity index is 1.41. The normalized spacial score (nSPS) is 14.4. The summed E-state index contributed by atoms with van der Waals surface area (Å²) in [5.41, 5.74) is 3.13. The standard InChI is InChI=1S/C27H27ClN4O2/c1-27(2,3)21-9-7-20(8-10-21)25(33)31-14-16-32(17-15-31)26-23(18-29)30-24(34-26)13-6-19-4-11-22(28)12-5-19/h4-13H,14-17H2,1-3H3/b13-6+. The van der Waals surface area contributed by atoms with Gasteiger partial charge in [-0.05, 0) is 46.9 Å². The molecule has 0 bridgehead atoms. The molecule has 1 aliphatic heterocycles. The molecule has 0 N–H and O–H groups in total. The highest BCUT2D eigenvalue weighted by Gasteiger charge is 2.26. The molecule has 1 saturated heterocycles. The van der Waals surface area contributed by atoms with Gasteiger partial charge in [0.25, 0.3) is 5.91 Å². The van der Waals surface area contributed by atoms with E-state index in [9.17, 15) is 10.1 Å². The molecular formula is C27H27ClN4O2. The quantitative estimate of drug-likeness (QED) is 0.490. The van der Waals surface area contributed by atoms with Gasteiger partial charge in [0.1, 0.15) is 6.07 Å². The fourth-order valence-electron chi connectivity index (χ4n) is 3.84. The maximum atomic E-state index is 13.0. The molecular weight excluding hydrogens is 448 g/mol. The van der Waals surface area contributed by atoms with Crippen molar-refractivity contribution in [3.8, 4) is 6.07 Å². The molecule has 1 aliphatic rings. The summed E-state index contributed by atoms with van der Waals surface area (Å²) in [4.78, 5) is 21.1. The fraction of sp³-hybridized carbons (Fsp3) is 0.296. The molecule has 0 aliphatic carbocycles. The lowest BCUT2D eigenvalue weighted by atomic mass is 9.86. The number of nitriles is 1. The predicted molar refractivity (Wildman–Crippen MR) is 135 cm³/mol. The van der Waals surface area contributed by atoms with Gasteiger partial charge < -0.3 is 14.2 Å². The van der Waals surface area contributed by atoms with Crippen molar-refractivity contribution in [2.75, 3.05) is 31.1 Å². The van der Waals surface area contributed by atoms with Gasteiger partial charge in [0.2, 0.25) is 17.5 Å². The topological polar surface area (TPSA) is 73.4 Å². The summed E-state index contributed by atoms with van der Waals surface area (Å²) in [5.74, 6) is 0.823. The zero-order valence-corrected chi connectivity index (χ0v) is 20.3. The third kappa shape index (κ3) is 5.32. The van der Waals surface area contributed by atoms with Crippen molar-refractivity contribution in [2.24, 2.45) is 0 Å². The monoisotopic (exact) mass is 474 g/mol. The van der Waals surface area contributed by atoms with Gasteiger partial charge in [-0.1, -0.05) is 56.6 Å². The molecule has 1 aromatic heterocycles. The van der Waals surface area contributed by atoms with Gasteiger partial charge >= 0.3 is 0 Å². The summed E-state index contributed by atoms with van der Waals surface area (Å²) in [6, 6.07) is 17.4. The summed E-state index contributed by atoms with van der Waals surface area (Å²) in [6.07, 6.45) is 3.59. The van der Waals surface area contributed by atoms with E-state index in [0.29, 0.717) is 48.5 Å². The number of amides is 1. The average molecular weight is 475 g/mol. The lowest BCUT2D eigenvalue weighted by Gasteiger charge is -2.34.